The molecule has 5 rings (SSSR count). The molecule has 0 aliphatic carbocycles. The van der Waals surface area contributed by atoms with Gasteiger partial charge in [-0.05, 0) is 135 Å². The molecule has 0 saturated carbocycles. The molecule has 75 heavy (non-hydrogen) atoms. The first-order valence-corrected chi connectivity index (χ1v) is 29.1. The minimum absolute atomic E-state index is 0.0458. The average Bonchev–Trinajstić information content (AvgIpc) is 3.44. The normalized spacial score (nSPS) is 11.0. The smallest absolute Gasteiger partial charge is 0.343 e. The van der Waals surface area contributed by atoms with Gasteiger partial charge in [0.2, 0.25) is 0 Å². The van der Waals surface area contributed by atoms with Crippen LogP contribution < -0.4 is 24.8 Å². The van der Waals surface area contributed by atoms with Gasteiger partial charge in [-0.25, -0.2) is 4.79 Å². The van der Waals surface area contributed by atoms with Crippen LogP contribution in [0, 0.1) is 0 Å². The quantitative estimate of drug-likeness (QED) is 0.0242. The predicted octanol–water partition coefficient (Wildman–Crippen LogP) is 17.7. The summed E-state index contributed by atoms with van der Waals surface area (Å²) in [6, 6.07) is 38.9. The van der Waals surface area contributed by atoms with Crippen molar-refractivity contribution in [3.8, 4) is 5.75 Å². The number of amides is 3. The van der Waals surface area contributed by atoms with E-state index in [1.54, 1.807) is 29.2 Å². The lowest BCUT2D eigenvalue weighted by Crippen LogP contribution is -2.33. The number of hydrogen-bond acceptors (Lipinski definition) is 6. The number of rotatable bonds is 37. The van der Waals surface area contributed by atoms with Crippen LogP contribution in [-0.4, -0.2) is 49.9 Å². The molecule has 5 aromatic carbocycles. The minimum Gasteiger partial charge on any atom is -0.423 e. The van der Waals surface area contributed by atoms with Gasteiger partial charge in [-0.1, -0.05) is 174 Å². The highest BCUT2D eigenvalue weighted by Crippen LogP contribution is 2.27. The number of para-hydroxylation sites is 1. The maximum atomic E-state index is 14.7. The second kappa shape index (κ2) is 35.1. The zero-order chi connectivity index (χ0) is 53.3. The summed E-state index contributed by atoms with van der Waals surface area (Å²) in [6.45, 7) is 11.5. The third-order valence-corrected chi connectivity index (χ3v) is 14.2. The van der Waals surface area contributed by atoms with Gasteiger partial charge in [-0.3, -0.25) is 14.4 Å². The summed E-state index contributed by atoms with van der Waals surface area (Å²) in [6.07, 6.45) is 27.2. The van der Waals surface area contributed by atoms with E-state index in [1.807, 2.05) is 113 Å². The fourth-order valence-corrected chi connectivity index (χ4v) is 9.53. The lowest BCUT2D eigenvalue weighted by molar-refractivity contribution is 0.0734. The summed E-state index contributed by atoms with van der Waals surface area (Å²) < 4.78 is 5.57. The Hall–Kier alpha value is -6.22. The van der Waals surface area contributed by atoms with Gasteiger partial charge in [-0.15, -0.1) is 0 Å². The molecule has 0 fully saturated rings. The van der Waals surface area contributed by atoms with Gasteiger partial charge in [0, 0.05) is 65.6 Å². The molecule has 0 radical (unpaired) electrons. The van der Waals surface area contributed by atoms with Gasteiger partial charge in [-0.2, -0.15) is 0 Å². The van der Waals surface area contributed by atoms with Crippen LogP contribution in [0.15, 0.2) is 127 Å². The summed E-state index contributed by atoms with van der Waals surface area (Å²) in [5.74, 6) is -0.302. The highest BCUT2D eigenvalue weighted by atomic mass is 16.5. The van der Waals surface area contributed by atoms with Crippen molar-refractivity contribution in [1.82, 2.24) is 0 Å². The summed E-state index contributed by atoms with van der Waals surface area (Å²) in [7, 11) is 0. The van der Waals surface area contributed by atoms with Crippen molar-refractivity contribution in [2.75, 3.05) is 46.2 Å². The highest BCUT2D eigenvalue weighted by Gasteiger charge is 2.23. The number of hydrogen-bond donors (Lipinski definition) is 1. The number of nitrogens with zero attached hydrogens (tertiary/aromatic N) is 3. The van der Waals surface area contributed by atoms with Crippen molar-refractivity contribution in [2.45, 2.75) is 182 Å². The first kappa shape index (κ1) is 59.7. The summed E-state index contributed by atoms with van der Waals surface area (Å²) >= 11 is 0. The Balaban J connectivity index is 1.33. The number of ether oxygens (including phenoxy) is 1. The molecule has 5 aromatic rings. The van der Waals surface area contributed by atoms with Gasteiger partial charge < -0.3 is 24.8 Å². The van der Waals surface area contributed by atoms with E-state index >= 15 is 0 Å². The highest BCUT2D eigenvalue weighted by molar-refractivity contribution is 6.09. The molecule has 0 bridgehead atoms. The lowest BCUT2D eigenvalue weighted by atomic mass is 10.1. The fraction of sp³-hybridized carbons (Fsp3) is 0.485. The summed E-state index contributed by atoms with van der Waals surface area (Å²) in [5.41, 5.74) is 5.32. The predicted molar refractivity (Wildman–Crippen MR) is 314 cm³/mol. The number of anilines is 4. The van der Waals surface area contributed by atoms with E-state index in [4.69, 9.17) is 4.74 Å². The first-order chi connectivity index (χ1) is 36.8. The number of benzene rings is 5. The lowest BCUT2D eigenvalue weighted by Gasteiger charge is -2.26. The zero-order valence-electron chi connectivity index (χ0n) is 46.3. The van der Waals surface area contributed by atoms with Crippen molar-refractivity contribution >= 4 is 46.4 Å². The number of nitrogens with one attached hydrogen (secondary N) is 1. The molecule has 0 aliphatic heterocycles. The molecule has 3 amide bonds. The molecule has 0 aliphatic rings. The van der Waals surface area contributed by atoms with E-state index in [9.17, 15) is 19.2 Å². The molecule has 0 atom stereocenters. The largest absolute Gasteiger partial charge is 0.423 e. The molecular formula is C66H90N4O5. The van der Waals surface area contributed by atoms with E-state index in [0.717, 1.165) is 87.8 Å². The van der Waals surface area contributed by atoms with Crippen LogP contribution in [0.5, 0.6) is 5.75 Å². The number of unbranched alkanes of at least 4 members (excludes halogenated alkanes) is 20. The second-order valence-electron chi connectivity index (χ2n) is 20.3. The first-order valence-electron chi connectivity index (χ1n) is 29.1. The van der Waals surface area contributed by atoms with Crippen LogP contribution in [-0.2, 0) is 0 Å². The molecule has 1 N–H and O–H groups in total. The zero-order valence-corrected chi connectivity index (χ0v) is 46.3. The molecule has 0 unspecified atom stereocenters. The van der Waals surface area contributed by atoms with Gasteiger partial charge in [0.25, 0.3) is 17.7 Å². The molecule has 0 saturated heterocycles. The maximum Gasteiger partial charge on any atom is 0.343 e. The van der Waals surface area contributed by atoms with Crippen LogP contribution >= 0.6 is 0 Å². The molecular weight excluding hydrogens is 929 g/mol. The Morgan fingerprint density at radius 2 is 0.653 bits per heavy atom. The van der Waals surface area contributed by atoms with E-state index in [0.29, 0.717) is 53.3 Å². The van der Waals surface area contributed by atoms with Gasteiger partial charge >= 0.3 is 5.97 Å². The SMILES string of the molecule is CCCCCCCCNc1ccc(C(=O)N(CCCCCCCC)c2ccc(C(=O)N(CCCCCCCC)c3ccc(C(=O)N(CCCCCCCC)c4ccc(C(=O)Oc5ccccc5)cc4)cc3)cc2)cc1. The standard InChI is InChI=1S/C66H90N4O5/c1-5-9-13-17-21-28-50-67-58-42-34-54(35-43-58)63(71)68(51-29-22-18-14-10-6-2)59-44-36-55(37-45-59)64(72)69(52-30-23-19-15-11-7-3)60-46-38-56(39-47-60)65(73)70(53-31-24-20-16-12-8-4)61-48-40-57(41-49-61)66(74)75-62-32-26-25-27-33-62/h25-27,32-49,67H,5-24,28-31,50-53H2,1-4H3. The third-order valence-electron chi connectivity index (χ3n) is 14.2. The van der Waals surface area contributed by atoms with Crippen LogP contribution in [0.2, 0.25) is 0 Å². The Kier molecular flexibility index (Phi) is 27.9. The van der Waals surface area contributed by atoms with Crippen LogP contribution in [0.3, 0.4) is 0 Å². The summed E-state index contributed by atoms with van der Waals surface area (Å²) in [4.78, 5) is 62.0. The Morgan fingerprint density at radius 3 is 1.01 bits per heavy atom. The van der Waals surface area contributed by atoms with E-state index in [2.05, 4.69) is 33.0 Å². The van der Waals surface area contributed by atoms with E-state index in [1.165, 1.54) is 89.9 Å². The Labute approximate surface area is 451 Å². The van der Waals surface area contributed by atoms with Gasteiger partial charge in [0.15, 0.2) is 0 Å². The maximum absolute atomic E-state index is 14.7. The molecule has 0 spiro atoms. The van der Waals surface area contributed by atoms with Crippen LogP contribution in [0.1, 0.15) is 223 Å². The number of carbonyl (C=O) groups is 4. The fourth-order valence-electron chi connectivity index (χ4n) is 9.53. The Morgan fingerprint density at radius 1 is 0.347 bits per heavy atom. The van der Waals surface area contributed by atoms with Crippen molar-refractivity contribution < 1.29 is 23.9 Å². The van der Waals surface area contributed by atoms with Crippen molar-refractivity contribution in [3.63, 3.8) is 0 Å². The van der Waals surface area contributed by atoms with Gasteiger partial charge in [0.1, 0.15) is 5.75 Å². The van der Waals surface area contributed by atoms with Crippen molar-refractivity contribution in [2.24, 2.45) is 0 Å². The number of carbonyl (C=O) groups excluding carboxylic acids is 4. The van der Waals surface area contributed by atoms with Crippen molar-refractivity contribution in [1.29, 1.82) is 0 Å². The Bertz CT molecular complexity index is 2370. The monoisotopic (exact) mass is 1020 g/mol. The molecule has 0 aromatic heterocycles. The van der Waals surface area contributed by atoms with E-state index in [-0.39, 0.29) is 17.7 Å². The van der Waals surface area contributed by atoms with Crippen molar-refractivity contribution in [3.05, 3.63) is 150 Å². The molecule has 404 valence electrons. The topological polar surface area (TPSA) is 99.3 Å². The number of esters is 1. The molecule has 9 heteroatoms. The molecule has 9 nitrogen and oxygen atoms in total. The third kappa shape index (κ3) is 20.8. The van der Waals surface area contributed by atoms with Crippen LogP contribution in [0.4, 0.5) is 22.7 Å². The minimum atomic E-state index is -0.461. The van der Waals surface area contributed by atoms with Gasteiger partial charge in [0.05, 0.1) is 5.56 Å². The second-order valence-corrected chi connectivity index (χ2v) is 20.3. The average molecular weight is 1020 g/mol. The summed E-state index contributed by atoms with van der Waals surface area (Å²) in [5, 5.41) is 3.53. The molecule has 0 heterocycles. The van der Waals surface area contributed by atoms with E-state index < -0.39 is 5.97 Å². The van der Waals surface area contributed by atoms with Crippen LogP contribution in [0.25, 0.3) is 0 Å².